The smallest absolute Gasteiger partial charge is 0.264 e. The third-order valence-electron chi connectivity index (χ3n) is 4.79. The predicted molar refractivity (Wildman–Crippen MR) is 134 cm³/mol. The molecule has 2 N–H and O–H groups in total. The van der Waals surface area contributed by atoms with Gasteiger partial charge in [0, 0.05) is 22.5 Å². The molecule has 0 spiro atoms. The van der Waals surface area contributed by atoms with Gasteiger partial charge in [0.25, 0.3) is 10.0 Å². The monoisotopic (exact) mass is 490 g/mol. The standard InChI is InChI=1S/C25H22N4O3S2/c1-18-16-17-26-25(27-18)29-34(31,32)22-14-12-20(13-15-22)28-24(30)23(19-8-4-2-5-9-19)33-21-10-6-3-7-11-21/h2-17,23H,1H3,(H,28,30)(H,26,27,29)/t23-/m0/s1. The van der Waals surface area contributed by atoms with E-state index in [0.29, 0.717) is 11.4 Å². The Morgan fingerprint density at radius 3 is 2.18 bits per heavy atom. The molecule has 7 nitrogen and oxygen atoms in total. The predicted octanol–water partition coefficient (Wildman–Crippen LogP) is 5.06. The summed E-state index contributed by atoms with van der Waals surface area (Å²) in [5, 5.41) is 2.42. The molecule has 0 aliphatic heterocycles. The van der Waals surface area contributed by atoms with Gasteiger partial charge in [0.2, 0.25) is 11.9 Å². The molecule has 0 saturated heterocycles. The van der Waals surface area contributed by atoms with Crippen molar-refractivity contribution in [2.45, 2.75) is 22.0 Å². The number of thioether (sulfide) groups is 1. The highest BCUT2D eigenvalue weighted by atomic mass is 32.2. The van der Waals surface area contributed by atoms with E-state index in [1.807, 2.05) is 60.7 Å². The van der Waals surface area contributed by atoms with Crippen molar-refractivity contribution in [1.29, 1.82) is 0 Å². The second-order valence-corrected chi connectivity index (χ2v) is 10.2. The minimum absolute atomic E-state index is 0.000944. The molecule has 0 bridgehead atoms. The second kappa shape index (κ2) is 10.5. The number of amides is 1. The van der Waals surface area contributed by atoms with Crippen LogP contribution in [0.15, 0.2) is 107 Å². The molecule has 4 aromatic rings. The van der Waals surface area contributed by atoms with Gasteiger partial charge in [-0.15, -0.1) is 11.8 Å². The minimum atomic E-state index is -3.87. The fourth-order valence-corrected chi connectivity index (χ4v) is 5.13. The average Bonchev–Trinajstić information content (AvgIpc) is 2.84. The van der Waals surface area contributed by atoms with Crippen LogP contribution in [0.25, 0.3) is 0 Å². The first-order valence-electron chi connectivity index (χ1n) is 10.4. The van der Waals surface area contributed by atoms with Crippen molar-refractivity contribution in [3.8, 4) is 0 Å². The summed E-state index contributed by atoms with van der Waals surface area (Å²) in [6, 6.07) is 26.8. The summed E-state index contributed by atoms with van der Waals surface area (Å²) in [5.41, 5.74) is 2.01. The molecule has 0 unspecified atom stereocenters. The number of carbonyl (C=O) groups is 1. The summed E-state index contributed by atoms with van der Waals surface area (Å²) in [4.78, 5) is 22.2. The zero-order valence-corrected chi connectivity index (χ0v) is 19.9. The Hall–Kier alpha value is -3.69. The third-order valence-corrected chi connectivity index (χ3v) is 7.40. The lowest BCUT2D eigenvalue weighted by Crippen LogP contribution is -2.19. The molecule has 0 fully saturated rings. The van der Waals surface area contributed by atoms with Crippen molar-refractivity contribution >= 4 is 39.3 Å². The first kappa shape index (κ1) is 23.5. The first-order chi connectivity index (χ1) is 16.4. The van der Waals surface area contributed by atoms with E-state index in [9.17, 15) is 13.2 Å². The van der Waals surface area contributed by atoms with Crippen LogP contribution in [-0.4, -0.2) is 24.3 Å². The number of nitrogens with one attached hydrogen (secondary N) is 2. The number of aromatic nitrogens is 2. The fourth-order valence-electron chi connectivity index (χ4n) is 3.14. The van der Waals surface area contributed by atoms with Crippen LogP contribution in [0.5, 0.6) is 0 Å². The van der Waals surface area contributed by atoms with E-state index in [0.717, 1.165) is 10.5 Å². The number of hydrogen-bond donors (Lipinski definition) is 2. The lowest BCUT2D eigenvalue weighted by molar-refractivity contribution is -0.115. The van der Waals surface area contributed by atoms with Gasteiger partial charge in [0.1, 0.15) is 5.25 Å². The molecule has 0 aliphatic carbocycles. The van der Waals surface area contributed by atoms with E-state index in [4.69, 9.17) is 0 Å². The molecule has 1 atom stereocenters. The molecule has 172 valence electrons. The molecule has 1 aromatic heterocycles. The lowest BCUT2D eigenvalue weighted by Gasteiger charge is -2.17. The Balaban J connectivity index is 1.50. The quantitative estimate of drug-likeness (QED) is 0.335. The Morgan fingerprint density at radius 1 is 0.882 bits per heavy atom. The molecule has 3 aromatic carbocycles. The zero-order chi connectivity index (χ0) is 24.0. The van der Waals surface area contributed by atoms with Gasteiger partial charge in [0.05, 0.1) is 4.90 Å². The number of anilines is 2. The number of rotatable bonds is 8. The molecule has 34 heavy (non-hydrogen) atoms. The summed E-state index contributed by atoms with van der Waals surface area (Å²) in [5.74, 6) is -0.206. The molecule has 0 radical (unpaired) electrons. The van der Waals surface area contributed by atoms with Gasteiger partial charge in [-0.25, -0.2) is 23.1 Å². The largest absolute Gasteiger partial charge is 0.325 e. The molecule has 0 aliphatic rings. The van der Waals surface area contributed by atoms with E-state index in [-0.39, 0.29) is 16.8 Å². The van der Waals surface area contributed by atoms with E-state index >= 15 is 0 Å². The van der Waals surface area contributed by atoms with Crippen LogP contribution in [0.4, 0.5) is 11.6 Å². The number of benzene rings is 3. The van der Waals surface area contributed by atoms with E-state index in [1.165, 1.54) is 30.1 Å². The Kier molecular flexibility index (Phi) is 7.24. The molecule has 1 heterocycles. The summed E-state index contributed by atoms with van der Waals surface area (Å²) >= 11 is 1.45. The summed E-state index contributed by atoms with van der Waals surface area (Å²) in [7, 11) is -3.87. The highest BCUT2D eigenvalue weighted by molar-refractivity contribution is 8.00. The van der Waals surface area contributed by atoms with E-state index in [2.05, 4.69) is 20.0 Å². The maximum Gasteiger partial charge on any atom is 0.264 e. The summed E-state index contributed by atoms with van der Waals surface area (Å²) < 4.78 is 27.7. The molecule has 4 rings (SSSR count). The van der Waals surface area contributed by atoms with Crippen LogP contribution in [-0.2, 0) is 14.8 Å². The van der Waals surface area contributed by atoms with Gasteiger partial charge in [-0.2, -0.15) is 0 Å². The van der Waals surface area contributed by atoms with Crippen LogP contribution in [0.3, 0.4) is 0 Å². The Labute approximate surface area is 202 Å². The van der Waals surface area contributed by atoms with Gasteiger partial charge in [0.15, 0.2) is 0 Å². The first-order valence-corrected chi connectivity index (χ1v) is 12.8. The van der Waals surface area contributed by atoms with Crippen molar-refractivity contribution in [3.63, 3.8) is 0 Å². The average molecular weight is 491 g/mol. The van der Waals surface area contributed by atoms with E-state index < -0.39 is 15.3 Å². The Morgan fingerprint density at radius 2 is 1.53 bits per heavy atom. The minimum Gasteiger partial charge on any atom is -0.325 e. The SMILES string of the molecule is Cc1ccnc(NS(=O)(=O)c2ccc(NC(=O)[C@@H](Sc3ccccc3)c3ccccc3)cc2)n1. The fraction of sp³-hybridized carbons (Fsp3) is 0.0800. The van der Waals surface area contributed by atoms with Crippen LogP contribution in [0.1, 0.15) is 16.5 Å². The molecular formula is C25H22N4O3S2. The van der Waals surface area contributed by atoms with Crippen molar-refractivity contribution in [1.82, 2.24) is 9.97 Å². The number of carbonyl (C=O) groups excluding carboxylic acids is 1. The maximum atomic E-state index is 13.2. The maximum absolute atomic E-state index is 13.2. The van der Waals surface area contributed by atoms with Crippen LogP contribution in [0.2, 0.25) is 0 Å². The van der Waals surface area contributed by atoms with Crippen molar-refractivity contribution in [3.05, 3.63) is 108 Å². The van der Waals surface area contributed by atoms with Gasteiger partial charge >= 0.3 is 0 Å². The topological polar surface area (TPSA) is 101 Å². The van der Waals surface area contributed by atoms with Crippen LogP contribution in [0, 0.1) is 6.92 Å². The molecule has 1 amide bonds. The van der Waals surface area contributed by atoms with Gasteiger partial charge in [-0.3, -0.25) is 4.79 Å². The Bertz CT molecular complexity index is 1360. The van der Waals surface area contributed by atoms with Gasteiger partial charge in [-0.05, 0) is 55.0 Å². The second-order valence-electron chi connectivity index (χ2n) is 7.36. The number of sulfonamides is 1. The normalized spacial score (nSPS) is 12.0. The number of aryl methyl sites for hydroxylation is 1. The molecule has 9 heteroatoms. The highest BCUT2D eigenvalue weighted by Crippen LogP contribution is 2.36. The molecule has 0 saturated carbocycles. The van der Waals surface area contributed by atoms with Crippen molar-refractivity contribution in [2.75, 3.05) is 10.0 Å². The van der Waals surface area contributed by atoms with Crippen LogP contribution >= 0.6 is 11.8 Å². The number of hydrogen-bond acceptors (Lipinski definition) is 6. The summed E-state index contributed by atoms with van der Waals surface area (Å²) in [6.07, 6.45) is 1.48. The molecular weight excluding hydrogens is 468 g/mol. The van der Waals surface area contributed by atoms with Crippen LogP contribution < -0.4 is 10.0 Å². The highest BCUT2D eigenvalue weighted by Gasteiger charge is 2.22. The number of nitrogens with zero attached hydrogens (tertiary/aromatic N) is 2. The van der Waals surface area contributed by atoms with E-state index in [1.54, 1.807) is 25.1 Å². The van der Waals surface area contributed by atoms with Crippen molar-refractivity contribution in [2.24, 2.45) is 0 Å². The van der Waals surface area contributed by atoms with Gasteiger partial charge in [-0.1, -0.05) is 48.5 Å². The van der Waals surface area contributed by atoms with Crippen molar-refractivity contribution < 1.29 is 13.2 Å². The van der Waals surface area contributed by atoms with Gasteiger partial charge < -0.3 is 5.32 Å². The summed E-state index contributed by atoms with van der Waals surface area (Å²) in [6.45, 7) is 1.75. The zero-order valence-electron chi connectivity index (χ0n) is 18.3. The lowest BCUT2D eigenvalue weighted by atomic mass is 10.1. The third kappa shape index (κ3) is 6.00.